The fraction of sp³-hybridized carbons (Fsp3) is 0.286. The fourth-order valence-electron chi connectivity index (χ4n) is 2.27. The van der Waals surface area contributed by atoms with Crippen LogP contribution in [-0.2, 0) is 24.3 Å². The lowest BCUT2D eigenvalue weighted by Crippen LogP contribution is -2.47. The van der Waals surface area contributed by atoms with Crippen molar-refractivity contribution in [1.82, 2.24) is 15.8 Å². The number of fused-ring (bicyclic) bond motifs is 1. The first-order valence-electron chi connectivity index (χ1n) is 6.30. The molecule has 0 saturated heterocycles. The standard InChI is InChI=1S/C14H15N3O2/c18-14(16-9-12-5-6-19-17-12)13-7-10-3-1-2-4-11(10)8-15-13/h1-6,13,15H,7-9H2,(H,16,18)/t13-/m0/s1. The van der Waals surface area contributed by atoms with Crippen molar-refractivity contribution in [3.63, 3.8) is 0 Å². The molecule has 0 aliphatic carbocycles. The molecule has 1 aromatic heterocycles. The summed E-state index contributed by atoms with van der Waals surface area (Å²) in [5.74, 6) is -0.00231. The Morgan fingerprint density at radius 1 is 1.37 bits per heavy atom. The predicted molar refractivity (Wildman–Crippen MR) is 69.1 cm³/mol. The molecule has 1 aromatic carbocycles. The third-order valence-electron chi connectivity index (χ3n) is 3.33. The molecule has 0 saturated carbocycles. The van der Waals surface area contributed by atoms with Crippen LogP contribution in [0.4, 0.5) is 0 Å². The zero-order valence-corrected chi connectivity index (χ0v) is 10.4. The lowest BCUT2D eigenvalue weighted by atomic mass is 9.95. The van der Waals surface area contributed by atoms with E-state index in [2.05, 4.69) is 27.9 Å². The van der Waals surface area contributed by atoms with Crippen molar-refractivity contribution in [3.05, 3.63) is 53.4 Å². The zero-order chi connectivity index (χ0) is 13.1. The molecule has 5 heteroatoms. The van der Waals surface area contributed by atoms with Gasteiger partial charge >= 0.3 is 0 Å². The molecule has 1 aliphatic heterocycles. The summed E-state index contributed by atoms with van der Waals surface area (Å²) in [5, 5.41) is 9.87. The van der Waals surface area contributed by atoms with E-state index in [0.29, 0.717) is 6.54 Å². The highest BCUT2D eigenvalue weighted by Crippen LogP contribution is 2.16. The summed E-state index contributed by atoms with van der Waals surface area (Å²) in [6, 6.07) is 9.76. The number of aromatic nitrogens is 1. The molecule has 0 radical (unpaired) electrons. The van der Waals surface area contributed by atoms with Crippen molar-refractivity contribution in [1.29, 1.82) is 0 Å². The second kappa shape index (κ2) is 5.24. The minimum Gasteiger partial charge on any atom is -0.364 e. The Hall–Kier alpha value is -2.14. The van der Waals surface area contributed by atoms with E-state index in [4.69, 9.17) is 4.52 Å². The number of carbonyl (C=O) groups excluding carboxylic acids is 1. The molecule has 98 valence electrons. The molecule has 2 aromatic rings. The van der Waals surface area contributed by atoms with Crippen LogP contribution in [0.5, 0.6) is 0 Å². The van der Waals surface area contributed by atoms with Crippen LogP contribution in [0.15, 0.2) is 41.1 Å². The highest BCUT2D eigenvalue weighted by molar-refractivity contribution is 5.82. The topological polar surface area (TPSA) is 67.2 Å². The van der Waals surface area contributed by atoms with E-state index >= 15 is 0 Å². The van der Waals surface area contributed by atoms with Crippen LogP contribution in [0, 0.1) is 0 Å². The number of benzene rings is 1. The Morgan fingerprint density at radius 3 is 3.00 bits per heavy atom. The molecule has 0 unspecified atom stereocenters. The Balaban J connectivity index is 1.60. The average molecular weight is 257 g/mol. The summed E-state index contributed by atoms with van der Waals surface area (Å²) in [4.78, 5) is 12.1. The van der Waals surface area contributed by atoms with E-state index in [1.807, 2.05) is 12.1 Å². The predicted octanol–water partition coefficient (Wildman–Crippen LogP) is 1.01. The Bertz CT molecular complexity index is 566. The summed E-state index contributed by atoms with van der Waals surface area (Å²) in [6.07, 6.45) is 2.22. The molecule has 1 amide bonds. The van der Waals surface area contributed by atoms with Crippen LogP contribution in [0.3, 0.4) is 0 Å². The van der Waals surface area contributed by atoms with Gasteiger partial charge in [0, 0.05) is 12.6 Å². The van der Waals surface area contributed by atoms with Gasteiger partial charge in [-0.2, -0.15) is 0 Å². The monoisotopic (exact) mass is 257 g/mol. The number of rotatable bonds is 3. The minimum atomic E-state index is -0.179. The molecule has 2 N–H and O–H groups in total. The summed E-state index contributed by atoms with van der Waals surface area (Å²) >= 11 is 0. The molecule has 2 heterocycles. The highest BCUT2D eigenvalue weighted by atomic mass is 16.5. The van der Waals surface area contributed by atoms with Gasteiger partial charge in [-0.25, -0.2) is 0 Å². The average Bonchev–Trinajstić information content (AvgIpc) is 2.97. The summed E-state index contributed by atoms with van der Waals surface area (Å²) < 4.78 is 4.72. The SMILES string of the molecule is O=C(NCc1ccon1)[C@@H]1Cc2ccccc2CN1. The molecule has 0 bridgehead atoms. The normalized spacial score (nSPS) is 17.8. The molecule has 3 rings (SSSR count). The molecule has 1 atom stereocenters. The maximum absolute atomic E-state index is 12.1. The molecule has 1 aliphatic rings. The Kier molecular flexibility index (Phi) is 3.29. The summed E-state index contributed by atoms with van der Waals surface area (Å²) in [7, 11) is 0. The van der Waals surface area contributed by atoms with Gasteiger partial charge in [-0.15, -0.1) is 0 Å². The van der Waals surface area contributed by atoms with E-state index in [0.717, 1.165) is 18.7 Å². The first-order valence-corrected chi connectivity index (χ1v) is 6.30. The quantitative estimate of drug-likeness (QED) is 0.861. The summed E-state index contributed by atoms with van der Waals surface area (Å²) in [6.45, 7) is 1.13. The number of nitrogens with zero attached hydrogens (tertiary/aromatic N) is 1. The van der Waals surface area contributed by atoms with Gasteiger partial charge in [0.2, 0.25) is 5.91 Å². The van der Waals surface area contributed by atoms with E-state index in [9.17, 15) is 4.79 Å². The van der Waals surface area contributed by atoms with E-state index < -0.39 is 0 Å². The van der Waals surface area contributed by atoms with Gasteiger partial charge in [0.1, 0.15) is 12.0 Å². The lowest BCUT2D eigenvalue weighted by Gasteiger charge is -2.25. The van der Waals surface area contributed by atoms with Crippen LogP contribution >= 0.6 is 0 Å². The summed E-state index contributed by atoms with van der Waals surface area (Å²) in [5.41, 5.74) is 3.23. The van der Waals surface area contributed by atoms with Gasteiger partial charge in [0.25, 0.3) is 0 Å². The second-order valence-corrected chi connectivity index (χ2v) is 4.61. The van der Waals surface area contributed by atoms with Crippen molar-refractivity contribution in [2.24, 2.45) is 0 Å². The van der Waals surface area contributed by atoms with Gasteiger partial charge in [-0.05, 0) is 17.5 Å². The maximum atomic E-state index is 12.1. The van der Waals surface area contributed by atoms with Gasteiger partial charge < -0.3 is 15.2 Å². The zero-order valence-electron chi connectivity index (χ0n) is 10.4. The number of hydrogen-bond donors (Lipinski definition) is 2. The van der Waals surface area contributed by atoms with E-state index in [-0.39, 0.29) is 11.9 Å². The van der Waals surface area contributed by atoms with Gasteiger partial charge in [0.05, 0.1) is 12.6 Å². The molecule has 5 nitrogen and oxygen atoms in total. The number of amides is 1. The van der Waals surface area contributed by atoms with Crippen LogP contribution in [0.2, 0.25) is 0 Å². The van der Waals surface area contributed by atoms with Crippen LogP contribution in [-0.4, -0.2) is 17.1 Å². The smallest absolute Gasteiger partial charge is 0.237 e. The molecular weight excluding hydrogens is 242 g/mol. The van der Waals surface area contributed by atoms with Crippen molar-refractivity contribution >= 4 is 5.91 Å². The number of nitrogens with one attached hydrogen (secondary N) is 2. The van der Waals surface area contributed by atoms with Crippen LogP contribution in [0.25, 0.3) is 0 Å². The Morgan fingerprint density at radius 2 is 2.21 bits per heavy atom. The van der Waals surface area contributed by atoms with Crippen molar-refractivity contribution in [3.8, 4) is 0 Å². The first kappa shape index (κ1) is 11.9. The second-order valence-electron chi connectivity index (χ2n) is 4.61. The minimum absolute atomic E-state index is 0.00231. The van der Waals surface area contributed by atoms with Crippen molar-refractivity contribution < 1.29 is 9.32 Å². The third-order valence-corrected chi connectivity index (χ3v) is 3.33. The number of carbonyl (C=O) groups is 1. The van der Waals surface area contributed by atoms with Crippen molar-refractivity contribution in [2.75, 3.05) is 0 Å². The highest BCUT2D eigenvalue weighted by Gasteiger charge is 2.23. The first-order chi connectivity index (χ1) is 9.33. The maximum Gasteiger partial charge on any atom is 0.237 e. The van der Waals surface area contributed by atoms with E-state index in [1.165, 1.54) is 17.4 Å². The van der Waals surface area contributed by atoms with Crippen molar-refractivity contribution in [2.45, 2.75) is 25.6 Å². The molecule has 0 spiro atoms. The molecule has 0 fully saturated rings. The number of hydrogen-bond acceptors (Lipinski definition) is 4. The van der Waals surface area contributed by atoms with Crippen LogP contribution in [0.1, 0.15) is 16.8 Å². The largest absolute Gasteiger partial charge is 0.364 e. The molecular formula is C14H15N3O2. The van der Waals surface area contributed by atoms with Gasteiger partial charge in [0.15, 0.2) is 0 Å². The molecule has 19 heavy (non-hydrogen) atoms. The lowest BCUT2D eigenvalue weighted by molar-refractivity contribution is -0.123. The van der Waals surface area contributed by atoms with Gasteiger partial charge in [-0.3, -0.25) is 4.79 Å². The van der Waals surface area contributed by atoms with Crippen LogP contribution < -0.4 is 10.6 Å². The van der Waals surface area contributed by atoms with Gasteiger partial charge in [-0.1, -0.05) is 29.4 Å². The fourth-order valence-corrected chi connectivity index (χ4v) is 2.27. The van der Waals surface area contributed by atoms with E-state index in [1.54, 1.807) is 6.07 Å². The Labute approximate surface area is 111 Å². The third kappa shape index (κ3) is 2.66.